The van der Waals surface area contributed by atoms with Crippen LogP contribution in [0.4, 0.5) is 0 Å². The molecule has 0 aliphatic carbocycles. The fourth-order valence-electron chi connectivity index (χ4n) is 1.85. The van der Waals surface area contributed by atoms with E-state index in [4.69, 9.17) is 0 Å². The summed E-state index contributed by atoms with van der Waals surface area (Å²) >= 11 is 0. The molecule has 0 amide bonds. The van der Waals surface area contributed by atoms with Gasteiger partial charge in [-0.3, -0.25) is 0 Å². The third-order valence-electron chi connectivity index (χ3n) is 2.51. The second-order valence-corrected chi connectivity index (χ2v) is 5.54. The van der Waals surface area contributed by atoms with Crippen molar-refractivity contribution in [2.45, 2.75) is 26.7 Å². The SMILES string of the molecule is CCC1=C(CC)P1c1ccccc1. The summed E-state index contributed by atoms with van der Waals surface area (Å²) in [5.41, 5.74) is 0. The second kappa shape index (κ2) is 3.64. The van der Waals surface area contributed by atoms with Crippen molar-refractivity contribution < 1.29 is 0 Å². The van der Waals surface area contributed by atoms with Crippen LogP contribution in [0.25, 0.3) is 0 Å². The molecule has 0 atom stereocenters. The van der Waals surface area contributed by atoms with Crippen LogP contribution in [-0.2, 0) is 0 Å². The Balaban J connectivity index is 2.16. The Morgan fingerprint density at radius 3 is 1.92 bits per heavy atom. The minimum absolute atomic E-state index is 0.0607. The minimum atomic E-state index is 0.0607. The topological polar surface area (TPSA) is 0 Å². The zero-order chi connectivity index (χ0) is 9.26. The van der Waals surface area contributed by atoms with Crippen molar-refractivity contribution in [1.29, 1.82) is 0 Å². The molecular formula is C12H15P. The number of benzene rings is 1. The predicted octanol–water partition coefficient (Wildman–Crippen LogP) is 3.84. The van der Waals surface area contributed by atoms with Crippen LogP contribution in [0.1, 0.15) is 26.7 Å². The molecule has 0 unspecified atom stereocenters. The lowest BCUT2D eigenvalue weighted by Crippen LogP contribution is -1.91. The minimum Gasteiger partial charge on any atom is -0.0622 e. The molecule has 0 saturated heterocycles. The first-order valence-corrected chi connectivity index (χ1v) is 6.29. The fourth-order valence-corrected chi connectivity index (χ4v) is 4.52. The number of hydrogen-bond donors (Lipinski definition) is 0. The first-order chi connectivity index (χ1) is 6.38. The number of rotatable bonds is 3. The van der Waals surface area contributed by atoms with Crippen LogP contribution in [0.15, 0.2) is 41.0 Å². The van der Waals surface area contributed by atoms with Crippen LogP contribution in [0.5, 0.6) is 0 Å². The molecule has 2 rings (SSSR count). The van der Waals surface area contributed by atoms with E-state index < -0.39 is 0 Å². The molecule has 1 heteroatoms. The normalized spacial score (nSPS) is 16.5. The van der Waals surface area contributed by atoms with Gasteiger partial charge in [-0.25, -0.2) is 0 Å². The van der Waals surface area contributed by atoms with Crippen molar-refractivity contribution in [3.63, 3.8) is 0 Å². The lowest BCUT2D eigenvalue weighted by Gasteiger charge is -2.00. The first-order valence-electron chi connectivity index (χ1n) is 4.95. The van der Waals surface area contributed by atoms with Crippen molar-refractivity contribution in [3.8, 4) is 0 Å². The maximum atomic E-state index is 2.27. The lowest BCUT2D eigenvalue weighted by molar-refractivity contribution is 1.16. The molecule has 1 aliphatic heterocycles. The maximum Gasteiger partial charge on any atom is -0.0157 e. The van der Waals surface area contributed by atoms with Crippen molar-refractivity contribution in [3.05, 3.63) is 41.0 Å². The van der Waals surface area contributed by atoms with Crippen molar-refractivity contribution in [2.24, 2.45) is 0 Å². The summed E-state index contributed by atoms with van der Waals surface area (Å²) < 4.78 is 0. The van der Waals surface area contributed by atoms with E-state index in [2.05, 4.69) is 44.2 Å². The van der Waals surface area contributed by atoms with Crippen LogP contribution in [0.3, 0.4) is 0 Å². The molecule has 0 nitrogen and oxygen atoms in total. The summed E-state index contributed by atoms with van der Waals surface area (Å²) in [5.74, 6) is 0. The number of hydrogen-bond acceptors (Lipinski definition) is 0. The van der Waals surface area contributed by atoms with Gasteiger partial charge in [0, 0.05) is 0 Å². The highest BCUT2D eigenvalue weighted by molar-refractivity contribution is 7.80. The highest BCUT2D eigenvalue weighted by Crippen LogP contribution is 2.70. The third-order valence-corrected chi connectivity index (χ3v) is 5.35. The van der Waals surface area contributed by atoms with E-state index in [0.717, 1.165) is 0 Å². The Morgan fingerprint density at radius 1 is 0.923 bits per heavy atom. The Morgan fingerprint density at radius 2 is 1.46 bits per heavy atom. The Labute approximate surface area is 81.4 Å². The van der Waals surface area contributed by atoms with E-state index in [9.17, 15) is 0 Å². The predicted molar refractivity (Wildman–Crippen MR) is 60.6 cm³/mol. The summed E-state index contributed by atoms with van der Waals surface area (Å²) in [7, 11) is 0.0607. The first kappa shape index (κ1) is 8.97. The van der Waals surface area contributed by atoms with Gasteiger partial charge in [-0.15, -0.1) is 0 Å². The van der Waals surface area contributed by atoms with Gasteiger partial charge in [0.05, 0.1) is 0 Å². The standard InChI is InChI=1S/C12H15P/c1-3-11-12(4-2)13(11)10-8-6-5-7-9-10/h5-9H,3-4H2,1-2H3. The van der Waals surface area contributed by atoms with Gasteiger partial charge in [-0.05, 0) is 36.7 Å². The average molecular weight is 190 g/mol. The molecule has 1 aliphatic rings. The van der Waals surface area contributed by atoms with Crippen LogP contribution in [0, 0.1) is 0 Å². The molecule has 1 aromatic carbocycles. The summed E-state index contributed by atoms with van der Waals surface area (Å²) in [6, 6.07) is 10.9. The lowest BCUT2D eigenvalue weighted by atomic mass is 10.4. The highest BCUT2D eigenvalue weighted by Gasteiger charge is 2.33. The summed E-state index contributed by atoms with van der Waals surface area (Å²) in [4.78, 5) is 0. The number of allylic oxidation sites excluding steroid dienone is 2. The van der Waals surface area contributed by atoms with E-state index in [1.54, 1.807) is 15.9 Å². The molecule has 0 radical (unpaired) electrons. The van der Waals surface area contributed by atoms with Crippen LogP contribution in [-0.4, -0.2) is 0 Å². The molecule has 0 bridgehead atoms. The van der Waals surface area contributed by atoms with Crippen molar-refractivity contribution >= 4 is 13.2 Å². The zero-order valence-corrected chi connectivity index (χ0v) is 9.14. The van der Waals surface area contributed by atoms with Crippen molar-refractivity contribution in [2.75, 3.05) is 0 Å². The van der Waals surface area contributed by atoms with Crippen LogP contribution >= 0.6 is 7.92 Å². The fraction of sp³-hybridized carbons (Fsp3) is 0.333. The Bertz CT molecular complexity index is 310. The van der Waals surface area contributed by atoms with E-state index >= 15 is 0 Å². The van der Waals surface area contributed by atoms with E-state index in [0.29, 0.717) is 0 Å². The van der Waals surface area contributed by atoms with Gasteiger partial charge in [-0.2, -0.15) is 0 Å². The van der Waals surface area contributed by atoms with Gasteiger partial charge >= 0.3 is 0 Å². The molecule has 0 aromatic heterocycles. The molecule has 1 aromatic rings. The van der Waals surface area contributed by atoms with E-state index in [-0.39, 0.29) is 7.92 Å². The Kier molecular flexibility index (Phi) is 2.51. The highest BCUT2D eigenvalue weighted by atomic mass is 31.1. The summed E-state index contributed by atoms with van der Waals surface area (Å²) in [5, 5.41) is 5.03. The monoisotopic (exact) mass is 190 g/mol. The molecule has 68 valence electrons. The zero-order valence-electron chi connectivity index (χ0n) is 8.25. The molecule has 0 N–H and O–H groups in total. The molecule has 13 heavy (non-hydrogen) atoms. The third kappa shape index (κ3) is 1.56. The van der Waals surface area contributed by atoms with Gasteiger partial charge in [0.2, 0.25) is 0 Å². The van der Waals surface area contributed by atoms with Gasteiger partial charge in [0.1, 0.15) is 0 Å². The van der Waals surface area contributed by atoms with Gasteiger partial charge < -0.3 is 0 Å². The molecule has 0 spiro atoms. The summed E-state index contributed by atoms with van der Waals surface area (Å²) in [6.07, 6.45) is 2.51. The quantitative estimate of drug-likeness (QED) is 0.635. The van der Waals surface area contributed by atoms with Crippen molar-refractivity contribution in [1.82, 2.24) is 0 Å². The maximum absolute atomic E-state index is 2.27. The van der Waals surface area contributed by atoms with Crippen LogP contribution in [0.2, 0.25) is 0 Å². The summed E-state index contributed by atoms with van der Waals surface area (Å²) in [6.45, 7) is 4.55. The van der Waals surface area contributed by atoms with E-state index in [1.165, 1.54) is 12.8 Å². The van der Waals surface area contributed by atoms with Gasteiger partial charge in [0.25, 0.3) is 0 Å². The second-order valence-electron chi connectivity index (χ2n) is 3.27. The average Bonchev–Trinajstić information content (AvgIpc) is 2.92. The molecular weight excluding hydrogens is 175 g/mol. The Hall–Kier alpha value is -0.610. The largest absolute Gasteiger partial charge is 0.0622 e. The molecule has 0 saturated carbocycles. The van der Waals surface area contributed by atoms with Gasteiger partial charge in [0.15, 0.2) is 0 Å². The van der Waals surface area contributed by atoms with Gasteiger partial charge in [-0.1, -0.05) is 44.2 Å². The van der Waals surface area contributed by atoms with E-state index in [1.807, 2.05) is 0 Å². The van der Waals surface area contributed by atoms with Crippen LogP contribution < -0.4 is 5.30 Å². The smallest absolute Gasteiger partial charge is 0.0157 e. The molecule has 0 fully saturated rings. The molecule has 1 heterocycles.